The van der Waals surface area contributed by atoms with E-state index in [1.807, 2.05) is 36.3 Å². The molecule has 0 fully saturated rings. The lowest BCUT2D eigenvalue weighted by atomic mass is 10.2. The zero-order valence-electron chi connectivity index (χ0n) is 16.4. The zero-order valence-corrected chi connectivity index (χ0v) is 18.7. The van der Waals surface area contributed by atoms with Gasteiger partial charge in [0.2, 0.25) is 5.91 Å². The summed E-state index contributed by atoms with van der Waals surface area (Å²) < 4.78 is 2.04. The Morgan fingerprint density at radius 2 is 1.85 bits per heavy atom. The van der Waals surface area contributed by atoms with Gasteiger partial charge in [-0.25, -0.2) is 0 Å². The van der Waals surface area contributed by atoms with E-state index in [0.717, 1.165) is 17.3 Å². The number of hydrogen-bond donors (Lipinski definition) is 0. The molecule has 0 radical (unpaired) electrons. The fraction of sp³-hybridized carbons (Fsp3) is 0.526. The summed E-state index contributed by atoms with van der Waals surface area (Å²) in [4.78, 5) is 14.5. The average molecular weight is 429 g/mol. The van der Waals surface area contributed by atoms with Crippen LogP contribution in [0.3, 0.4) is 0 Å². The van der Waals surface area contributed by atoms with Crippen molar-refractivity contribution in [2.75, 3.05) is 13.1 Å². The molecular weight excluding hydrogens is 403 g/mol. The van der Waals surface area contributed by atoms with Crippen molar-refractivity contribution in [1.82, 2.24) is 19.7 Å². The van der Waals surface area contributed by atoms with E-state index in [-0.39, 0.29) is 11.2 Å². The molecule has 1 amide bonds. The van der Waals surface area contributed by atoms with Crippen molar-refractivity contribution < 1.29 is 4.79 Å². The summed E-state index contributed by atoms with van der Waals surface area (Å²) in [5.41, 5.74) is 0.781. The van der Waals surface area contributed by atoms with Crippen molar-refractivity contribution in [1.29, 1.82) is 0 Å². The Bertz CT molecular complexity index is 790. The Kier molecular flexibility index (Phi) is 8.01. The third-order valence-electron chi connectivity index (χ3n) is 4.14. The second-order valence-electron chi connectivity index (χ2n) is 6.71. The van der Waals surface area contributed by atoms with Crippen LogP contribution < -0.4 is 0 Å². The summed E-state index contributed by atoms with van der Waals surface area (Å²) in [5, 5.41) is 10.3. The number of hydrogen-bond acceptors (Lipinski definition) is 4. The van der Waals surface area contributed by atoms with Gasteiger partial charge in [-0.1, -0.05) is 48.8 Å². The number of aromatic nitrogens is 3. The fourth-order valence-corrected chi connectivity index (χ4v) is 4.21. The molecule has 0 N–H and O–H groups in total. The maximum Gasteiger partial charge on any atom is 0.235 e. The Morgan fingerprint density at radius 1 is 1.19 bits per heavy atom. The van der Waals surface area contributed by atoms with E-state index in [0.29, 0.717) is 34.9 Å². The molecule has 0 aliphatic carbocycles. The summed E-state index contributed by atoms with van der Waals surface area (Å²) in [7, 11) is 0. The highest BCUT2D eigenvalue weighted by molar-refractivity contribution is 8.00. The van der Waals surface area contributed by atoms with Crippen LogP contribution in [0.1, 0.15) is 34.6 Å². The third kappa shape index (κ3) is 5.39. The summed E-state index contributed by atoms with van der Waals surface area (Å²) >= 11 is 13.8. The molecule has 148 valence electrons. The monoisotopic (exact) mass is 428 g/mol. The summed E-state index contributed by atoms with van der Waals surface area (Å²) in [6.07, 6.45) is 0. The molecule has 0 saturated carbocycles. The lowest BCUT2D eigenvalue weighted by molar-refractivity contribution is -0.129. The van der Waals surface area contributed by atoms with Crippen LogP contribution in [0.15, 0.2) is 23.4 Å². The Morgan fingerprint density at radius 3 is 2.41 bits per heavy atom. The van der Waals surface area contributed by atoms with Crippen LogP contribution in [-0.4, -0.2) is 43.9 Å². The first-order chi connectivity index (χ1) is 12.8. The minimum absolute atomic E-state index is 0.107. The van der Waals surface area contributed by atoms with Gasteiger partial charge in [0.25, 0.3) is 0 Å². The van der Waals surface area contributed by atoms with Crippen molar-refractivity contribution >= 4 is 40.9 Å². The molecule has 0 saturated heterocycles. The van der Waals surface area contributed by atoms with Crippen molar-refractivity contribution in [3.63, 3.8) is 0 Å². The van der Waals surface area contributed by atoms with Crippen molar-refractivity contribution in [3.8, 4) is 11.4 Å². The molecular formula is C19H26Cl2N4OS. The van der Waals surface area contributed by atoms with Crippen LogP contribution in [0.4, 0.5) is 0 Å². The molecule has 27 heavy (non-hydrogen) atoms. The quantitative estimate of drug-likeness (QED) is 0.538. The van der Waals surface area contributed by atoms with E-state index in [1.165, 1.54) is 11.8 Å². The highest BCUT2D eigenvalue weighted by Crippen LogP contribution is 2.33. The van der Waals surface area contributed by atoms with Gasteiger partial charge in [-0.15, -0.1) is 10.2 Å². The maximum atomic E-state index is 12.6. The van der Waals surface area contributed by atoms with E-state index in [1.54, 1.807) is 12.1 Å². The van der Waals surface area contributed by atoms with Gasteiger partial charge in [-0.3, -0.25) is 4.79 Å². The number of benzene rings is 1. The van der Waals surface area contributed by atoms with E-state index in [4.69, 9.17) is 23.2 Å². The van der Waals surface area contributed by atoms with Gasteiger partial charge >= 0.3 is 0 Å². The SMILES string of the molecule is CCN(CC)C(=O)C(C)Sc1nnc(-c2ccc(Cl)cc2Cl)n1CC(C)C. The van der Waals surface area contributed by atoms with Crippen LogP contribution in [0, 0.1) is 5.92 Å². The topological polar surface area (TPSA) is 51.0 Å². The number of rotatable bonds is 8. The van der Waals surface area contributed by atoms with Gasteiger partial charge in [0, 0.05) is 30.2 Å². The largest absolute Gasteiger partial charge is 0.342 e. The average Bonchev–Trinajstić information content (AvgIpc) is 2.97. The molecule has 1 aromatic carbocycles. The van der Waals surface area contributed by atoms with Gasteiger partial charge < -0.3 is 9.47 Å². The number of carbonyl (C=O) groups is 1. The van der Waals surface area contributed by atoms with Crippen LogP contribution in [0.25, 0.3) is 11.4 Å². The molecule has 1 unspecified atom stereocenters. The van der Waals surface area contributed by atoms with E-state index in [2.05, 4.69) is 24.0 Å². The number of halogens is 2. The minimum Gasteiger partial charge on any atom is -0.342 e. The van der Waals surface area contributed by atoms with Crippen molar-refractivity contribution in [3.05, 3.63) is 28.2 Å². The Balaban J connectivity index is 2.37. The first-order valence-electron chi connectivity index (χ1n) is 9.12. The molecule has 1 heterocycles. The van der Waals surface area contributed by atoms with Crippen molar-refractivity contribution in [2.24, 2.45) is 5.92 Å². The smallest absolute Gasteiger partial charge is 0.235 e. The predicted octanol–water partition coefficient (Wildman–Crippen LogP) is 5.26. The van der Waals surface area contributed by atoms with Crippen LogP contribution in [0.2, 0.25) is 10.0 Å². The number of nitrogens with zero attached hydrogens (tertiary/aromatic N) is 4. The predicted molar refractivity (Wildman–Crippen MR) is 114 cm³/mol. The zero-order chi connectivity index (χ0) is 20.1. The molecule has 2 aromatic rings. The normalized spacial score (nSPS) is 12.4. The van der Waals surface area contributed by atoms with E-state index in [9.17, 15) is 4.79 Å². The molecule has 1 atom stereocenters. The first-order valence-corrected chi connectivity index (χ1v) is 10.8. The Labute approximate surface area is 175 Å². The standard InChI is InChI=1S/C19H26Cl2N4OS/c1-6-24(7-2)18(26)13(5)27-19-23-22-17(25(19)11-12(3)4)15-9-8-14(20)10-16(15)21/h8-10,12-13H,6-7,11H2,1-5H3. The van der Waals surface area contributed by atoms with Gasteiger partial charge in [0.15, 0.2) is 11.0 Å². The summed E-state index contributed by atoms with van der Waals surface area (Å²) in [6, 6.07) is 5.34. The lowest BCUT2D eigenvalue weighted by Crippen LogP contribution is -2.36. The Hall–Kier alpha value is -1.24. The second-order valence-corrected chi connectivity index (χ2v) is 8.86. The number of amides is 1. The lowest BCUT2D eigenvalue weighted by Gasteiger charge is -2.22. The fourth-order valence-electron chi connectivity index (χ4n) is 2.78. The highest BCUT2D eigenvalue weighted by Gasteiger charge is 2.24. The van der Waals surface area contributed by atoms with E-state index >= 15 is 0 Å². The van der Waals surface area contributed by atoms with Crippen LogP contribution >= 0.6 is 35.0 Å². The number of carbonyl (C=O) groups excluding carboxylic acids is 1. The van der Waals surface area contributed by atoms with Gasteiger partial charge in [0.1, 0.15) is 0 Å². The summed E-state index contributed by atoms with van der Waals surface area (Å²) in [6.45, 7) is 12.3. The second kappa shape index (κ2) is 9.80. The molecule has 0 aliphatic heterocycles. The minimum atomic E-state index is -0.242. The third-order valence-corrected chi connectivity index (χ3v) is 5.76. The molecule has 0 spiro atoms. The van der Waals surface area contributed by atoms with Crippen molar-refractivity contribution in [2.45, 2.75) is 51.6 Å². The van der Waals surface area contributed by atoms with E-state index < -0.39 is 0 Å². The van der Waals surface area contributed by atoms with Gasteiger partial charge in [0.05, 0.1) is 10.3 Å². The molecule has 5 nitrogen and oxygen atoms in total. The number of thioether (sulfide) groups is 1. The molecule has 2 rings (SSSR count). The summed E-state index contributed by atoms with van der Waals surface area (Å²) in [5.74, 6) is 1.18. The maximum absolute atomic E-state index is 12.6. The molecule has 8 heteroatoms. The highest BCUT2D eigenvalue weighted by atomic mass is 35.5. The molecule has 0 aliphatic rings. The van der Waals surface area contributed by atoms with Crippen LogP contribution in [0.5, 0.6) is 0 Å². The first kappa shape index (κ1) is 22.1. The van der Waals surface area contributed by atoms with Gasteiger partial charge in [-0.2, -0.15) is 0 Å². The van der Waals surface area contributed by atoms with Crippen LogP contribution in [-0.2, 0) is 11.3 Å². The molecule has 1 aromatic heterocycles. The molecule has 0 bridgehead atoms. The van der Waals surface area contributed by atoms with Gasteiger partial charge in [-0.05, 0) is 44.9 Å².